The van der Waals surface area contributed by atoms with E-state index in [1.54, 1.807) is 19.1 Å². The predicted molar refractivity (Wildman–Crippen MR) is 154 cm³/mol. The molecule has 1 atom stereocenters. The topological polar surface area (TPSA) is 114 Å². The highest BCUT2D eigenvalue weighted by Gasteiger charge is 2.26. The second-order valence-electron chi connectivity index (χ2n) is 9.97. The molecule has 1 heterocycles. The van der Waals surface area contributed by atoms with Gasteiger partial charge in [-0.15, -0.1) is 0 Å². The van der Waals surface area contributed by atoms with Crippen molar-refractivity contribution >= 4 is 38.2 Å². The Morgan fingerprint density at radius 1 is 1.16 bits per heavy atom. The summed E-state index contributed by atoms with van der Waals surface area (Å²) in [5.41, 5.74) is 2.13. The van der Waals surface area contributed by atoms with E-state index in [4.69, 9.17) is 4.74 Å². The van der Waals surface area contributed by atoms with E-state index in [9.17, 15) is 18.0 Å². The Kier molecular flexibility index (Phi) is 12.4. The van der Waals surface area contributed by atoms with E-state index in [0.29, 0.717) is 35.3 Å². The summed E-state index contributed by atoms with van der Waals surface area (Å²) < 4.78 is 29.9. The summed E-state index contributed by atoms with van der Waals surface area (Å²) in [6.07, 6.45) is 5.62. The molecule has 3 rings (SSSR count). The number of benzene rings is 1. The van der Waals surface area contributed by atoms with Crippen LogP contribution >= 0.6 is 11.3 Å². The Balaban J connectivity index is 0.00000247. The molecule has 0 radical (unpaired) electrons. The molecule has 1 aliphatic carbocycles. The van der Waals surface area contributed by atoms with E-state index in [1.807, 2.05) is 26.8 Å². The number of carbonyl (C=O) groups excluding carboxylic acids is 2. The third kappa shape index (κ3) is 9.47. The molecule has 0 saturated heterocycles. The number of amides is 1. The Morgan fingerprint density at radius 3 is 2.42 bits per heavy atom. The average molecular weight is 566 g/mol. The highest BCUT2D eigenvalue weighted by molar-refractivity contribution is 7.90. The monoisotopic (exact) mass is 565 g/mol. The van der Waals surface area contributed by atoms with Crippen LogP contribution in [0.2, 0.25) is 0 Å². The zero-order valence-corrected chi connectivity index (χ0v) is 25.4. The van der Waals surface area contributed by atoms with E-state index in [2.05, 4.69) is 29.5 Å². The summed E-state index contributed by atoms with van der Waals surface area (Å²) in [7, 11) is -3.36. The maximum atomic E-state index is 12.7. The van der Waals surface area contributed by atoms with Gasteiger partial charge < -0.3 is 15.4 Å². The van der Waals surface area contributed by atoms with Gasteiger partial charge in [-0.25, -0.2) is 13.4 Å². The first-order chi connectivity index (χ1) is 17.9. The van der Waals surface area contributed by atoms with E-state index >= 15 is 0 Å². The summed E-state index contributed by atoms with van der Waals surface area (Å²) in [6, 6.07) is 4.75. The fraction of sp³-hybridized carbons (Fsp3) is 0.607. The van der Waals surface area contributed by atoms with Crippen LogP contribution in [0.15, 0.2) is 23.1 Å². The molecule has 1 aliphatic rings. The quantitative estimate of drug-likeness (QED) is 0.337. The van der Waals surface area contributed by atoms with Gasteiger partial charge in [-0.1, -0.05) is 51.2 Å². The van der Waals surface area contributed by atoms with Crippen LogP contribution in [0.1, 0.15) is 77.5 Å². The van der Waals surface area contributed by atoms with Crippen molar-refractivity contribution in [1.82, 2.24) is 10.3 Å². The minimum absolute atomic E-state index is 0.0172. The third-order valence-corrected chi connectivity index (χ3v) is 8.56. The molecular formula is C28H43N3O5S2. The highest BCUT2D eigenvalue weighted by Crippen LogP contribution is 2.34. The van der Waals surface area contributed by atoms with Crippen molar-refractivity contribution in [2.24, 2.45) is 5.92 Å². The molecule has 0 bridgehead atoms. The number of hydrogen-bond donors (Lipinski definition) is 2. The molecule has 212 valence electrons. The fourth-order valence-electron chi connectivity index (χ4n) is 4.25. The fourth-order valence-corrected chi connectivity index (χ4v) is 6.22. The summed E-state index contributed by atoms with van der Waals surface area (Å²) in [6.45, 7) is 12.4. The maximum absolute atomic E-state index is 12.7. The first-order valence-electron chi connectivity index (χ1n) is 13.5. The molecule has 8 nitrogen and oxygen atoms in total. The summed E-state index contributed by atoms with van der Waals surface area (Å²) in [5.74, 6) is -0.160. The lowest BCUT2D eigenvalue weighted by Gasteiger charge is -2.21. The van der Waals surface area contributed by atoms with E-state index in [0.717, 1.165) is 36.1 Å². The van der Waals surface area contributed by atoms with E-state index < -0.39 is 15.9 Å². The van der Waals surface area contributed by atoms with Crippen molar-refractivity contribution in [3.05, 3.63) is 29.5 Å². The predicted octanol–water partition coefficient (Wildman–Crippen LogP) is 5.68. The van der Waals surface area contributed by atoms with Gasteiger partial charge in [-0.05, 0) is 75.6 Å². The van der Waals surface area contributed by atoms with Crippen LogP contribution in [0.3, 0.4) is 0 Å². The van der Waals surface area contributed by atoms with Gasteiger partial charge in [0, 0.05) is 12.7 Å². The van der Waals surface area contributed by atoms with Crippen LogP contribution in [-0.4, -0.2) is 50.2 Å². The third-order valence-electron chi connectivity index (χ3n) is 6.19. The van der Waals surface area contributed by atoms with E-state index in [1.165, 1.54) is 17.6 Å². The molecule has 1 aromatic carbocycles. The molecule has 0 spiro atoms. The van der Waals surface area contributed by atoms with E-state index in [-0.39, 0.29) is 29.3 Å². The van der Waals surface area contributed by atoms with Crippen molar-refractivity contribution in [3.8, 4) is 10.4 Å². The second-order valence-corrected chi connectivity index (χ2v) is 13.0. The normalized spacial score (nSPS) is 14.6. The summed E-state index contributed by atoms with van der Waals surface area (Å²) in [5, 5.41) is 6.52. The highest BCUT2D eigenvalue weighted by atomic mass is 32.2. The standard InChI is InChI=1S/C26H37N3O5S2.C2H6/c1-16(2)15-27-21(25(31)34-20-8-6-7-9-20)12-13-23(30)29-26-28-18(4)24(35-26)19-11-10-17(3)22(14-19)36(5,32)33;1-2/h10-11,14,16,20-21,27H,6-9,12-13,15H2,1-5H3,(H,28,29,30);1-2H3. The van der Waals surface area contributed by atoms with Crippen LogP contribution in [-0.2, 0) is 24.2 Å². The van der Waals surface area contributed by atoms with Crippen LogP contribution < -0.4 is 10.6 Å². The zero-order valence-electron chi connectivity index (χ0n) is 23.7. The second kappa shape index (κ2) is 14.7. The molecule has 1 fully saturated rings. The Bertz CT molecular complexity index is 1190. The lowest BCUT2D eigenvalue weighted by molar-refractivity contribution is -0.151. The van der Waals surface area contributed by atoms with Crippen molar-refractivity contribution < 1.29 is 22.7 Å². The number of esters is 1. The van der Waals surface area contributed by atoms with Crippen molar-refractivity contribution in [3.63, 3.8) is 0 Å². The number of carbonyl (C=O) groups is 2. The average Bonchev–Trinajstić information content (AvgIpc) is 3.49. The van der Waals surface area contributed by atoms with Crippen molar-refractivity contribution in [1.29, 1.82) is 0 Å². The summed E-state index contributed by atoms with van der Waals surface area (Å²) >= 11 is 1.30. The minimum atomic E-state index is -3.36. The Labute approximate surface area is 231 Å². The number of hydrogen-bond acceptors (Lipinski definition) is 8. The molecular weight excluding hydrogens is 522 g/mol. The maximum Gasteiger partial charge on any atom is 0.323 e. The van der Waals surface area contributed by atoms with Gasteiger partial charge in [0.05, 0.1) is 15.5 Å². The van der Waals surface area contributed by atoms with Gasteiger partial charge in [-0.2, -0.15) is 0 Å². The van der Waals surface area contributed by atoms with Crippen molar-refractivity contribution in [2.45, 2.75) is 97.1 Å². The van der Waals surface area contributed by atoms with Crippen molar-refractivity contribution in [2.75, 3.05) is 18.1 Å². The number of sulfone groups is 1. The Morgan fingerprint density at radius 2 is 1.82 bits per heavy atom. The molecule has 1 aromatic heterocycles. The first kappa shape index (κ1) is 31.9. The Hall–Kier alpha value is -2.30. The molecule has 2 aromatic rings. The molecule has 0 aliphatic heterocycles. The molecule has 10 heteroatoms. The minimum Gasteiger partial charge on any atom is -0.461 e. The number of aryl methyl sites for hydroxylation is 2. The number of rotatable bonds is 11. The number of nitrogens with zero attached hydrogens (tertiary/aromatic N) is 1. The molecule has 38 heavy (non-hydrogen) atoms. The van der Waals surface area contributed by atoms with Crippen LogP contribution in [0, 0.1) is 19.8 Å². The van der Waals surface area contributed by atoms with Gasteiger partial charge in [0.15, 0.2) is 15.0 Å². The molecule has 1 unspecified atom stereocenters. The molecule has 1 saturated carbocycles. The molecule has 2 N–H and O–H groups in total. The lowest BCUT2D eigenvalue weighted by Crippen LogP contribution is -2.41. The lowest BCUT2D eigenvalue weighted by atomic mass is 10.1. The largest absolute Gasteiger partial charge is 0.461 e. The first-order valence-corrected chi connectivity index (χ1v) is 16.2. The smallest absolute Gasteiger partial charge is 0.323 e. The zero-order chi connectivity index (χ0) is 28.5. The van der Waals surface area contributed by atoms with Crippen LogP contribution in [0.5, 0.6) is 0 Å². The number of anilines is 1. The van der Waals surface area contributed by atoms with Crippen LogP contribution in [0.4, 0.5) is 5.13 Å². The molecule has 1 amide bonds. The number of nitrogens with one attached hydrogen (secondary N) is 2. The van der Waals surface area contributed by atoms with Crippen LogP contribution in [0.25, 0.3) is 10.4 Å². The number of thiazole rings is 1. The van der Waals surface area contributed by atoms with Gasteiger partial charge in [0.1, 0.15) is 12.1 Å². The number of ether oxygens (including phenoxy) is 1. The van der Waals surface area contributed by atoms with Gasteiger partial charge in [0.25, 0.3) is 0 Å². The number of aromatic nitrogens is 1. The summed E-state index contributed by atoms with van der Waals surface area (Å²) in [4.78, 5) is 31.0. The van der Waals surface area contributed by atoms with Gasteiger partial charge in [-0.3, -0.25) is 9.59 Å². The van der Waals surface area contributed by atoms with Gasteiger partial charge >= 0.3 is 5.97 Å². The van der Waals surface area contributed by atoms with Gasteiger partial charge in [0.2, 0.25) is 5.91 Å². The SMILES string of the molecule is CC.Cc1ccc(-c2sc(NC(=O)CCC(NCC(C)C)C(=O)OC3CCCC3)nc2C)cc1S(C)(=O)=O.